The topological polar surface area (TPSA) is 106 Å². The average Bonchev–Trinajstić information content (AvgIpc) is 2.71. The second-order valence-electron chi connectivity index (χ2n) is 6.90. The SMILES string of the molecule is COc1cc(C(=O)NNC(=O)C[C@@H](NC(C)=O)c2ccccc2)ccc1OC(C)C. The molecule has 0 bridgehead atoms. The molecule has 0 saturated carbocycles. The maximum absolute atomic E-state index is 12.4. The molecule has 0 aliphatic heterocycles. The van der Waals surface area contributed by atoms with Crippen LogP contribution in [-0.4, -0.2) is 30.9 Å². The Morgan fingerprint density at radius 2 is 1.67 bits per heavy atom. The maximum atomic E-state index is 12.4. The molecular formula is C22H27N3O5. The summed E-state index contributed by atoms with van der Waals surface area (Å²) in [5, 5.41) is 2.74. The van der Waals surface area contributed by atoms with Crippen molar-refractivity contribution in [3.63, 3.8) is 0 Å². The zero-order valence-corrected chi connectivity index (χ0v) is 17.5. The molecule has 3 N–H and O–H groups in total. The van der Waals surface area contributed by atoms with E-state index >= 15 is 0 Å². The monoisotopic (exact) mass is 413 g/mol. The largest absolute Gasteiger partial charge is 0.493 e. The van der Waals surface area contributed by atoms with Crippen molar-refractivity contribution in [1.82, 2.24) is 16.2 Å². The minimum absolute atomic E-state index is 0.0334. The summed E-state index contributed by atoms with van der Waals surface area (Å²) >= 11 is 0. The third-order valence-corrected chi connectivity index (χ3v) is 4.07. The van der Waals surface area contributed by atoms with Gasteiger partial charge in [0, 0.05) is 12.5 Å². The lowest BCUT2D eigenvalue weighted by molar-refractivity contribution is -0.123. The van der Waals surface area contributed by atoms with E-state index in [0.717, 1.165) is 5.56 Å². The van der Waals surface area contributed by atoms with Crippen LogP contribution in [0, 0.1) is 0 Å². The fraction of sp³-hybridized carbons (Fsp3) is 0.318. The van der Waals surface area contributed by atoms with Gasteiger partial charge in [0.05, 0.1) is 25.7 Å². The number of benzene rings is 2. The molecule has 1 atom stereocenters. The van der Waals surface area contributed by atoms with Gasteiger partial charge in [0.15, 0.2) is 11.5 Å². The van der Waals surface area contributed by atoms with Gasteiger partial charge in [-0.1, -0.05) is 30.3 Å². The molecule has 0 heterocycles. The third kappa shape index (κ3) is 6.80. The summed E-state index contributed by atoms with van der Waals surface area (Å²) in [6.07, 6.45) is -0.0759. The van der Waals surface area contributed by atoms with Crippen molar-refractivity contribution in [2.75, 3.05) is 7.11 Å². The van der Waals surface area contributed by atoms with Crippen molar-refractivity contribution < 1.29 is 23.9 Å². The van der Waals surface area contributed by atoms with Crippen LogP contribution in [0.4, 0.5) is 0 Å². The summed E-state index contributed by atoms with van der Waals surface area (Å²) in [5.74, 6) is -0.269. The standard InChI is InChI=1S/C22H27N3O5/c1-14(2)30-19-11-10-17(12-20(19)29-4)22(28)25-24-21(27)13-18(23-15(3)26)16-8-6-5-7-9-16/h5-12,14,18H,13H2,1-4H3,(H,23,26)(H,24,27)(H,25,28)/t18-/m1/s1. The van der Waals surface area contributed by atoms with Crippen LogP contribution in [0.3, 0.4) is 0 Å². The Morgan fingerprint density at radius 1 is 0.967 bits per heavy atom. The lowest BCUT2D eigenvalue weighted by atomic mass is 10.0. The van der Waals surface area contributed by atoms with Crippen molar-refractivity contribution in [2.24, 2.45) is 0 Å². The van der Waals surface area contributed by atoms with Gasteiger partial charge in [0.2, 0.25) is 11.8 Å². The summed E-state index contributed by atoms with van der Waals surface area (Å²) in [7, 11) is 1.48. The zero-order chi connectivity index (χ0) is 22.1. The van der Waals surface area contributed by atoms with E-state index in [-0.39, 0.29) is 18.4 Å². The second-order valence-corrected chi connectivity index (χ2v) is 6.90. The molecule has 0 aromatic heterocycles. The fourth-order valence-corrected chi connectivity index (χ4v) is 2.78. The Labute approximate surface area is 175 Å². The molecule has 2 rings (SSSR count). The highest BCUT2D eigenvalue weighted by molar-refractivity contribution is 5.96. The van der Waals surface area contributed by atoms with Crippen molar-refractivity contribution in [3.05, 3.63) is 59.7 Å². The molecule has 3 amide bonds. The highest BCUT2D eigenvalue weighted by Gasteiger charge is 2.18. The van der Waals surface area contributed by atoms with Gasteiger partial charge in [0.25, 0.3) is 5.91 Å². The molecule has 0 aliphatic carbocycles. The highest BCUT2D eigenvalue weighted by atomic mass is 16.5. The molecule has 2 aromatic rings. The molecule has 0 fully saturated rings. The van der Waals surface area contributed by atoms with Gasteiger partial charge < -0.3 is 14.8 Å². The smallest absolute Gasteiger partial charge is 0.269 e. The first-order valence-corrected chi connectivity index (χ1v) is 9.56. The van der Waals surface area contributed by atoms with E-state index in [0.29, 0.717) is 17.1 Å². The highest BCUT2D eigenvalue weighted by Crippen LogP contribution is 2.28. The summed E-state index contributed by atoms with van der Waals surface area (Å²) in [6.45, 7) is 5.16. The van der Waals surface area contributed by atoms with E-state index in [9.17, 15) is 14.4 Å². The first kappa shape index (κ1) is 22.7. The third-order valence-electron chi connectivity index (χ3n) is 4.07. The normalized spacial score (nSPS) is 11.4. The van der Waals surface area contributed by atoms with Crippen molar-refractivity contribution >= 4 is 17.7 Å². The summed E-state index contributed by atoms with van der Waals surface area (Å²) in [6, 6.07) is 13.4. The predicted octanol–water partition coefficient (Wildman–Crippen LogP) is 2.51. The number of hydrazine groups is 1. The first-order chi connectivity index (χ1) is 14.3. The molecule has 160 valence electrons. The molecule has 8 heteroatoms. The predicted molar refractivity (Wildman–Crippen MR) is 112 cm³/mol. The average molecular weight is 413 g/mol. The molecule has 0 saturated heterocycles. The lowest BCUT2D eigenvalue weighted by Crippen LogP contribution is -2.43. The fourth-order valence-electron chi connectivity index (χ4n) is 2.78. The van der Waals surface area contributed by atoms with Gasteiger partial charge in [-0.2, -0.15) is 0 Å². The zero-order valence-electron chi connectivity index (χ0n) is 17.5. The van der Waals surface area contributed by atoms with Crippen LogP contribution >= 0.6 is 0 Å². The maximum Gasteiger partial charge on any atom is 0.269 e. The molecular weight excluding hydrogens is 386 g/mol. The van der Waals surface area contributed by atoms with Gasteiger partial charge in [-0.05, 0) is 37.6 Å². The minimum Gasteiger partial charge on any atom is -0.493 e. The molecule has 8 nitrogen and oxygen atoms in total. The van der Waals surface area contributed by atoms with Crippen molar-refractivity contribution in [3.8, 4) is 11.5 Å². The van der Waals surface area contributed by atoms with E-state index in [1.807, 2.05) is 44.2 Å². The second kappa shape index (κ2) is 10.8. The summed E-state index contributed by atoms with van der Waals surface area (Å²) in [5.41, 5.74) is 5.84. The number of hydrogen-bond acceptors (Lipinski definition) is 5. The Kier molecular flexibility index (Phi) is 8.22. The number of nitrogens with one attached hydrogen (secondary N) is 3. The van der Waals surface area contributed by atoms with E-state index in [2.05, 4.69) is 16.2 Å². The van der Waals surface area contributed by atoms with Crippen LogP contribution in [0.15, 0.2) is 48.5 Å². The van der Waals surface area contributed by atoms with Crippen LogP contribution in [-0.2, 0) is 9.59 Å². The number of hydrogen-bond donors (Lipinski definition) is 3. The Balaban J connectivity index is 1.99. The summed E-state index contributed by atoms with van der Waals surface area (Å²) in [4.78, 5) is 36.2. The Hall–Kier alpha value is -3.55. The molecule has 2 aromatic carbocycles. The number of carbonyl (C=O) groups is 3. The summed E-state index contributed by atoms with van der Waals surface area (Å²) < 4.78 is 10.9. The lowest BCUT2D eigenvalue weighted by Gasteiger charge is -2.18. The number of methoxy groups -OCH3 is 1. The van der Waals surface area contributed by atoms with E-state index in [4.69, 9.17) is 9.47 Å². The Bertz CT molecular complexity index is 884. The molecule has 0 aliphatic rings. The van der Waals surface area contributed by atoms with Gasteiger partial charge in [-0.25, -0.2) is 0 Å². The van der Waals surface area contributed by atoms with E-state index in [1.165, 1.54) is 20.1 Å². The molecule has 0 spiro atoms. The van der Waals surface area contributed by atoms with E-state index in [1.54, 1.807) is 12.1 Å². The number of carbonyl (C=O) groups excluding carboxylic acids is 3. The quantitative estimate of drug-likeness (QED) is 0.577. The van der Waals surface area contributed by atoms with Crippen LogP contribution in [0.1, 0.15) is 49.2 Å². The van der Waals surface area contributed by atoms with Gasteiger partial charge >= 0.3 is 0 Å². The number of amides is 3. The number of rotatable bonds is 8. The van der Waals surface area contributed by atoms with E-state index < -0.39 is 17.9 Å². The molecule has 0 radical (unpaired) electrons. The minimum atomic E-state index is -0.506. The van der Waals surface area contributed by atoms with Gasteiger partial charge in [-0.3, -0.25) is 25.2 Å². The molecule has 30 heavy (non-hydrogen) atoms. The van der Waals surface area contributed by atoms with Crippen LogP contribution < -0.4 is 25.6 Å². The van der Waals surface area contributed by atoms with Gasteiger partial charge in [0.1, 0.15) is 0 Å². The van der Waals surface area contributed by atoms with Crippen molar-refractivity contribution in [1.29, 1.82) is 0 Å². The Morgan fingerprint density at radius 3 is 2.27 bits per heavy atom. The van der Waals surface area contributed by atoms with Crippen LogP contribution in [0.2, 0.25) is 0 Å². The van der Waals surface area contributed by atoms with Crippen molar-refractivity contribution in [2.45, 2.75) is 39.3 Å². The number of ether oxygens (including phenoxy) is 2. The molecule has 0 unspecified atom stereocenters. The van der Waals surface area contributed by atoms with Gasteiger partial charge in [-0.15, -0.1) is 0 Å². The van der Waals surface area contributed by atoms with Crippen LogP contribution in [0.5, 0.6) is 11.5 Å². The van der Waals surface area contributed by atoms with Crippen LogP contribution in [0.25, 0.3) is 0 Å². The first-order valence-electron chi connectivity index (χ1n) is 9.56.